The van der Waals surface area contributed by atoms with Gasteiger partial charge in [0.05, 0.1) is 20.4 Å². The molecule has 2 amide bonds. The summed E-state index contributed by atoms with van der Waals surface area (Å²) in [7, 11) is 0. The molecule has 0 saturated heterocycles. The first-order valence-corrected chi connectivity index (χ1v) is 7.08. The maximum atomic E-state index is 11.3. The number of halogens is 3. The van der Waals surface area contributed by atoms with Crippen LogP contribution in [0.25, 0.3) is 0 Å². The van der Waals surface area contributed by atoms with Crippen LogP contribution in [0.3, 0.4) is 0 Å². The fraction of sp³-hybridized carbons (Fsp3) is 0. The lowest BCUT2D eigenvalue weighted by Crippen LogP contribution is -2.25. The number of rotatable bonds is 2. The Labute approximate surface area is 132 Å². The Kier molecular flexibility index (Phi) is 4.62. The minimum atomic E-state index is -0.751. The second-order valence-corrected chi connectivity index (χ2v) is 6.07. The average molecular weight is 557 g/mol. The molecule has 1 aromatic carbocycles. The maximum Gasteiger partial charge on any atom is 0.251 e. The summed E-state index contributed by atoms with van der Waals surface area (Å²) in [5.74, 6) is -1.46. The number of carbonyl (C=O) groups excluding carboxylic acids is 2. The van der Waals surface area contributed by atoms with Crippen molar-refractivity contribution in [2.24, 2.45) is 11.5 Å². The third-order valence-electron chi connectivity index (χ3n) is 1.85. The molecular formula is C8H6I3N3O2. The van der Waals surface area contributed by atoms with Crippen LogP contribution in [0.15, 0.2) is 0 Å². The lowest BCUT2D eigenvalue weighted by atomic mass is 10.0. The molecule has 0 aliphatic heterocycles. The van der Waals surface area contributed by atoms with Gasteiger partial charge in [-0.3, -0.25) is 9.59 Å². The van der Waals surface area contributed by atoms with E-state index in [-0.39, 0.29) is 16.8 Å². The fourth-order valence-corrected chi connectivity index (χ4v) is 3.59. The quantitative estimate of drug-likeness (QED) is 0.290. The van der Waals surface area contributed by atoms with Gasteiger partial charge in [0.25, 0.3) is 11.8 Å². The van der Waals surface area contributed by atoms with Crippen molar-refractivity contribution in [3.8, 4) is 0 Å². The van der Waals surface area contributed by atoms with Crippen molar-refractivity contribution >= 4 is 85.3 Å². The molecule has 16 heavy (non-hydrogen) atoms. The number of amides is 2. The van der Waals surface area contributed by atoms with Gasteiger partial charge in [-0.05, 0) is 67.8 Å². The van der Waals surface area contributed by atoms with E-state index in [0.717, 1.165) is 3.57 Å². The van der Waals surface area contributed by atoms with Crippen LogP contribution in [-0.4, -0.2) is 11.8 Å². The van der Waals surface area contributed by atoms with Gasteiger partial charge < -0.3 is 17.2 Å². The first-order chi connectivity index (χ1) is 7.29. The van der Waals surface area contributed by atoms with Crippen LogP contribution in [0, 0.1) is 10.7 Å². The summed E-state index contributed by atoms with van der Waals surface area (Å²) in [6.07, 6.45) is 0. The summed E-state index contributed by atoms with van der Waals surface area (Å²) in [6.45, 7) is 0. The lowest BCUT2D eigenvalue weighted by molar-refractivity contribution is 0.0967. The molecule has 5 nitrogen and oxygen atoms in total. The first kappa shape index (κ1) is 14.2. The fourth-order valence-electron chi connectivity index (χ4n) is 1.17. The smallest absolute Gasteiger partial charge is 0.251 e. The molecule has 6 N–H and O–H groups in total. The van der Waals surface area contributed by atoms with Crippen LogP contribution in [0.1, 0.15) is 20.7 Å². The Hall–Kier alpha value is 0.150. The molecule has 0 radical (unpaired) electrons. The highest BCUT2D eigenvalue weighted by molar-refractivity contribution is 14.1. The van der Waals surface area contributed by atoms with Crippen molar-refractivity contribution in [3.05, 3.63) is 21.8 Å². The number of anilines is 1. The summed E-state index contributed by atoms with van der Waals surface area (Å²) >= 11 is 5.98. The Morgan fingerprint density at radius 3 is 1.62 bits per heavy atom. The minimum absolute atomic E-state index is 0.00159. The Balaban J connectivity index is 3.83. The van der Waals surface area contributed by atoms with E-state index in [2.05, 4.69) is 0 Å². The van der Waals surface area contributed by atoms with Gasteiger partial charge in [0.2, 0.25) is 0 Å². The van der Waals surface area contributed by atoms with E-state index in [9.17, 15) is 9.59 Å². The van der Waals surface area contributed by atoms with E-state index >= 15 is 0 Å². The van der Waals surface area contributed by atoms with Gasteiger partial charge in [0.1, 0.15) is 0 Å². The second kappa shape index (κ2) is 5.20. The van der Waals surface area contributed by atoms with Gasteiger partial charge in [-0.15, -0.1) is 0 Å². The monoisotopic (exact) mass is 557 g/mol. The van der Waals surface area contributed by atoms with Crippen LogP contribution in [0.2, 0.25) is 0 Å². The molecular weight excluding hydrogens is 551 g/mol. The van der Waals surface area contributed by atoms with Crippen LogP contribution in [0.5, 0.6) is 0 Å². The molecule has 8 heteroatoms. The molecule has 0 fully saturated rings. The number of hydrogen-bond donors (Lipinski definition) is 3. The van der Waals surface area contributed by atoms with Gasteiger partial charge in [-0.1, -0.05) is 0 Å². The molecule has 1 aromatic rings. The Morgan fingerprint density at radius 1 is 0.812 bits per heavy atom. The van der Waals surface area contributed by atoms with E-state index < -0.39 is 11.8 Å². The van der Waals surface area contributed by atoms with Crippen molar-refractivity contribution in [1.82, 2.24) is 0 Å². The van der Waals surface area contributed by atoms with Crippen LogP contribution >= 0.6 is 67.8 Å². The number of nitrogens with two attached hydrogens (primary N) is 3. The van der Waals surface area contributed by atoms with E-state index in [4.69, 9.17) is 17.2 Å². The van der Waals surface area contributed by atoms with Crippen LogP contribution in [0.4, 0.5) is 5.69 Å². The molecule has 1 rings (SSSR count). The predicted molar refractivity (Wildman–Crippen MR) is 86.0 cm³/mol. The summed E-state index contributed by atoms with van der Waals surface area (Å²) in [4.78, 5) is 22.6. The standard InChI is InChI=1S/C8H6I3N3O2/c9-3-1(7(13)15)2(8(14)16)6(12)5(11)4(3)10/h12H2,(H2,13,15)(H2,14,16). The summed E-state index contributed by atoms with van der Waals surface area (Å²) in [6, 6.07) is 0. The molecule has 0 aliphatic rings. The zero-order chi connectivity index (χ0) is 12.6. The van der Waals surface area contributed by atoms with Gasteiger partial charge in [-0.25, -0.2) is 0 Å². The van der Waals surface area contributed by atoms with Crippen molar-refractivity contribution in [2.45, 2.75) is 0 Å². The summed E-state index contributed by atoms with van der Waals surface area (Å²) in [5, 5.41) is 0. The molecule has 86 valence electrons. The minimum Gasteiger partial charge on any atom is -0.397 e. The van der Waals surface area contributed by atoms with Gasteiger partial charge in [0, 0.05) is 7.14 Å². The SMILES string of the molecule is NC(=O)c1c(N)c(I)c(I)c(I)c1C(N)=O. The van der Waals surface area contributed by atoms with Crippen molar-refractivity contribution < 1.29 is 9.59 Å². The molecule has 0 unspecified atom stereocenters. The number of primary amides is 2. The molecule has 0 saturated carbocycles. The Morgan fingerprint density at radius 2 is 1.25 bits per heavy atom. The van der Waals surface area contributed by atoms with Crippen molar-refractivity contribution in [2.75, 3.05) is 5.73 Å². The zero-order valence-corrected chi connectivity index (χ0v) is 14.2. The van der Waals surface area contributed by atoms with Crippen LogP contribution in [-0.2, 0) is 0 Å². The normalized spacial score (nSPS) is 10.2. The average Bonchev–Trinajstić information content (AvgIpc) is 2.18. The third kappa shape index (κ3) is 2.37. The number of carbonyl (C=O) groups is 2. The van der Waals surface area contributed by atoms with E-state index in [0.29, 0.717) is 7.14 Å². The molecule has 0 spiro atoms. The molecule has 0 atom stereocenters. The highest BCUT2D eigenvalue weighted by Crippen LogP contribution is 2.33. The number of nitrogen functional groups attached to an aromatic ring is 1. The van der Waals surface area contributed by atoms with Gasteiger partial charge >= 0.3 is 0 Å². The molecule has 0 heterocycles. The molecule has 0 aliphatic carbocycles. The van der Waals surface area contributed by atoms with E-state index in [1.165, 1.54) is 0 Å². The number of benzene rings is 1. The number of hydrogen-bond acceptors (Lipinski definition) is 3. The highest BCUT2D eigenvalue weighted by atomic mass is 127. The van der Waals surface area contributed by atoms with E-state index in [1.807, 2.05) is 67.8 Å². The highest BCUT2D eigenvalue weighted by Gasteiger charge is 2.24. The lowest BCUT2D eigenvalue weighted by Gasteiger charge is -2.13. The first-order valence-electron chi connectivity index (χ1n) is 3.84. The van der Waals surface area contributed by atoms with Crippen molar-refractivity contribution in [1.29, 1.82) is 0 Å². The Bertz CT molecular complexity index is 457. The topological polar surface area (TPSA) is 112 Å². The third-order valence-corrected chi connectivity index (χ3v) is 7.20. The van der Waals surface area contributed by atoms with Gasteiger partial charge in [-0.2, -0.15) is 0 Å². The van der Waals surface area contributed by atoms with Crippen LogP contribution < -0.4 is 17.2 Å². The molecule has 0 bridgehead atoms. The molecule has 0 aromatic heterocycles. The largest absolute Gasteiger partial charge is 0.397 e. The predicted octanol–water partition coefficient (Wildman–Crippen LogP) is 1.28. The van der Waals surface area contributed by atoms with Gasteiger partial charge in [0.15, 0.2) is 0 Å². The van der Waals surface area contributed by atoms with E-state index in [1.54, 1.807) is 0 Å². The summed E-state index contributed by atoms with van der Waals surface area (Å²) in [5.41, 5.74) is 16.5. The summed E-state index contributed by atoms with van der Waals surface area (Å²) < 4.78 is 2.08. The maximum absolute atomic E-state index is 11.3. The van der Waals surface area contributed by atoms with Crippen molar-refractivity contribution in [3.63, 3.8) is 0 Å². The zero-order valence-electron chi connectivity index (χ0n) is 7.68. The second-order valence-electron chi connectivity index (χ2n) is 2.83.